The van der Waals surface area contributed by atoms with Gasteiger partial charge in [0.2, 0.25) is 0 Å². The molecule has 0 unspecified atom stereocenters. The summed E-state index contributed by atoms with van der Waals surface area (Å²) in [5.41, 5.74) is 6.51. The molecule has 31 heavy (non-hydrogen) atoms. The summed E-state index contributed by atoms with van der Waals surface area (Å²) in [7, 11) is 0. The highest BCUT2D eigenvalue weighted by Gasteiger charge is 2.26. The van der Waals surface area contributed by atoms with Crippen LogP contribution in [0.4, 0.5) is 0 Å². The Morgan fingerprint density at radius 3 is 2.13 bits per heavy atom. The van der Waals surface area contributed by atoms with Crippen molar-refractivity contribution in [2.45, 2.75) is 52.4 Å². The third kappa shape index (κ3) is 5.20. The molecule has 3 rings (SSSR count). The van der Waals surface area contributed by atoms with E-state index in [1.165, 1.54) is 0 Å². The number of benzene rings is 2. The van der Waals surface area contributed by atoms with Gasteiger partial charge in [-0.05, 0) is 34.6 Å². The average Bonchev–Trinajstić information content (AvgIpc) is 3.18. The number of hydrogen-bond acceptors (Lipinski definition) is 4. The molecule has 3 aromatic rings. The third-order valence-corrected chi connectivity index (χ3v) is 5.02. The third-order valence-electron chi connectivity index (χ3n) is 5.02. The van der Waals surface area contributed by atoms with Crippen LogP contribution in [0.3, 0.4) is 0 Å². The zero-order valence-corrected chi connectivity index (χ0v) is 18.9. The van der Waals surface area contributed by atoms with Gasteiger partial charge in [-0.3, -0.25) is 9.89 Å². The highest BCUT2D eigenvalue weighted by molar-refractivity contribution is 5.94. The quantitative estimate of drug-likeness (QED) is 0.405. The van der Waals surface area contributed by atoms with Crippen molar-refractivity contribution in [2.75, 3.05) is 0 Å². The van der Waals surface area contributed by atoms with Crippen molar-refractivity contribution in [1.29, 1.82) is 0 Å². The first-order valence-electron chi connectivity index (χ1n) is 10.3. The van der Waals surface area contributed by atoms with Crippen LogP contribution < -0.4 is 5.43 Å². The molecule has 3 N–H and O–H groups in total. The molecule has 1 heterocycles. The molecule has 162 valence electrons. The van der Waals surface area contributed by atoms with E-state index in [0.29, 0.717) is 17.1 Å². The topological polar surface area (TPSA) is 90.4 Å². The summed E-state index contributed by atoms with van der Waals surface area (Å²) >= 11 is 0. The van der Waals surface area contributed by atoms with Crippen LogP contribution in [-0.4, -0.2) is 27.4 Å². The lowest BCUT2D eigenvalue weighted by atomic mass is 9.78. The summed E-state index contributed by atoms with van der Waals surface area (Å²) < 4.78 is 0. The number of hydrogen-bond donors (Lipinski definition) is 3. The van der Waals surface area contributed by atoms with Crippen molar-refractivity contribution in [3.63, 3.8) is 0 Å². The lowest BCUT2D eigenvalue weighted by Gasteiger charge is -2.27. The van der Waals surface area contributed by atoms with Crippen molar-refractivity contribution in [3.8, 4) is 17.0 Å². The van der Waals surface area contributed by atoms with E-state index < -0.39 is 0 Å². The van der Waals surface area contributed by atoms with E-state index in [4.69, 9.17) is 0 Å². The molecule has 6 nitrogen and oxygen atoms in total. The van der Waals surface area contributed by atoms with Gasteiger partial charge in [0.1, 0.15) is 11.4 Å². The number of phenolic OH excluding ortho intramolecular Hbond substituents is 1. The van der Waals surface area contributed by atoms with Crippen LogP contribution in [0.25, 0.3) is 11.3 Å². The Kier molecular flexibility index (Phi) is 6.02. The summed E-state index contributed by atoms with van der Waals surface area (Å²) in [4.78, 5) is 12.4. The van der Waals surface area contributed by atoms with Gasteiger partial charge in [0.25, 0.3) is 5.91 Å². The maximum Gasteiger partial charge on any atom is 0.289 e. The van der Waals surface area contributed by atoms with Gasteiger partial charge in [0, 0.05) is 16.7 Å². The Bertz CT molecular complexity index is 1070. The maximum absolute atomic E-state index is 12.4. The molecule has 0 radical (unpaired) electrons. The molecule has 0 bridgehead atoms. The number of aromatic amines is 1. The zero-order valence-electron chi connectivity index (χ0n) is 18.9. The molecule has 0 saturated carbocycles. The molecule has 0 aliphatic carbocycles. The monoisotopic (exact) mass is 418 g/mol. The van der Waals surface area contributed by atoms with Crippen LogP contribution >= 0.6 is 0 Å². The van der Waals surface area contributed by atoms with E-state index in [1.807, 2.05) is 42.5 Å². The first-order valence-corrected chi connectivity index (χ1v) is 10.3. The van der Waals surface area contributed by atoms with Crippen LogP contribution in [0.5, 0.6) is 5.75 Å². The minimum atomic E-state index is -0.378. The normalized spacial score (nSPS) is 12.3. The Morgan fingerprint density at radius 2 is 1.58 bits per heavy atom. The smallest absolute Gasteiger partial charge is 0.289 e. The van der Waals surface area contributed by atoms with Crippen molar-refractivity contribution in [3.05, 3.63) is 70.9 Å². The van der Waals surface area contributed by atoms with E-state index in [0.717, 1.165) is 22.3 Å². The molecule has 0 atom stereocenters. The van der Waals surface area contributed by atoms with E-state index >= 15 is 0 Å². The number of hydrazone groups is 1. The van der Waals surface area contributed by atoms with Gasteiger partial charge in [0.05, 0.1) is 11.9 Å². The average molecular weight is 419 g/mol. The van der Waals surface area contributed by atoms with E-state index in [9.17, 15) is 9.90 Å². The number of rotatable bonds is 4. The number of aromatic hydroxyl groups is 1. The summed E-state index contributed by atoms with van der Waals surface area (Å²) in [5, 5.41) is 21.9. The Hall–Kier alpha value is -3.41. The van der Waals surface area contributed by atoms with Crippen molar-refractivity contribution >= 4 is 12.1 Å². The number of amides is 1. The van der Waals surface area contributed by atoms with Crippen LogP contribution in [0.1, 0.15) is 68.7 Å². The Morgan fingerprint density at radius 1 is 1.00 bits per heavy atom. The van der Waals surface area contributed by atoms with Crippen LogP contribution in [0.15, 0.2) is 53.6 Å². The first-order chi connectivity index (χ1) is 14.5. The number of aromatic nitrogens is 2. The van der Waals surface area contributed by atoms with Crippen molar-refractivity contribution < 1.29 is 9.90 Å². The fraction of sp³-hybridized carbons (Fsp3) is 0.320. The van der Waals surface area contributed by atoms with Gasteiger partial charge >= 0.3 is 0 Å². The molecule has 6 heteroatoms. The summed E-state index contributed by atoms with van der Waals surface area (Å²) in [6.45, 7) is 12.3. The fourth-order valence-electron chi connectivity index (χ4n) is 3.30. The molecule has 0 saturated heterocycles. The second-order valence-corrected chi connectivity index (χ2v) is 9.70. The van der Waals surface area contributed by atoms with Gasteiger partial charge in [-0.1, -0.05) is 71.9 Å². The van der Waals surface area contributed by atoms with Gasteiger partial charge in [-0.15, -0.1) is 0 Å². The fourth-order valence-corrected chi connectivity index (χ4v) is 3.30. The lowest BCUT2D eigenvalue weighted by Crippen LogP contribution is -2.19. The second kappa shape index (κ2) is 8.38. The number of H-pyrrole nitrogens is 1. The van der Waals surface area contributed by atoms with Crippen molar-refractivity contribution in [1.82, 2.24) is 15.6 Å². The largest absolute Gasteiger partial charge is 0.507 e. The molecule has 2 aromatic carbocycles. The summed E-state index contributed by atoms with van der Waals surface area (Å²) in [6.07, 6.45) is 1.59. The van der Waals surface area contributed by atoms with Gasteiger partial charge < -0.3 is 5.11 Å². The number of carbonyl (C=O) groups is 1. The van der Waals surface area contributed by atoms with E-state index in [-0.39, 0.29) is 16.7 Å². The summed E-state index contributed by atoms with van der Waals surface area (Å²) in [6, 6.07) is 15.1. The van der Waals surface area contributed by atoms with Crippen LogP contribution in [-0.2, 0) is 10.8 Å². The van der Waals surface area contributed by atoms with E-state index in [1.54, 1.807) is 12.3 Å². The second-order valence-electron chi connectivity index (χ2n) is 9.70. The number of nitrogens with zero attached hydrogens (tertiary/aromatic N) is 2. The molecular weight excluding hydrogens is 388 g/mol. The van der Waals surface area contributed by atoms with Gasteiger partial charge in [-0.2, -0.15) is 10.2 Å². The highest BCUT2D eigenvalue weighted by Crippen LogP contribution is 2.39. The van der Waals surface area contributed by atoms with Crippen LogP contribution in [0.2, 0.25) is 0 Å². The van der Waals surface area contributed by atoms with Gasteiger partial charge in [-0.25, -0.2) is 5.43 Å². The number of carbonyl (C=O) groups excluding carboxylic acids is 1. The molecule has 1 amide bonds. The predicted octanol–water partition coefficient (Wildman–Crippen LogP) is 5.14. The minimum Gasteiger partial charge on any atom is -0.507 e. The molecule has 1 aromatic heterocycles. The molecule has 0 aliphatic rings. The van der Waals surface area contributed by atoms with E-state index in [2.05, 4.69) is 62.3 Å². The highest BCUT2D eigenvalue weighted by atomic mass is 16.3. The van der Waals surface area contributed by atoms with Gasteiger partial charge in [0.15, 0.2) is 0 Å². The molecule has 0 aliphatic heterocycles. The first kappa shape index (κ1) is 22.3. The predicted molar refractivity (Wildman–Crippen MR) is 125 cm³/mol. The van der Waals surface area contributed by atoms with Crippen LogP contribution in [0, 0.1) is 0 Å². The molecule has 0 fully saturated rings. The standard InChI is InChI=1S/C25H30N4O2/c1-24(2,3)18-12-16(13-19(22(18)30)25(4,5)6)15-26-29-23(31)21-14-20(27-28-21)17-10-8-7-9-11-17/h7-15,30H,1-6H3,(H,27,28)(H,29,31). The molecular formula is C25H30N4O2. The SMILES string of the molecule is CC(C)(C)c1cc(C=NNC(=O)c2cc(-c3ccccc3)n[nH]2)cc(C(C)(C)C)c1O. The lowest BCUT2D eigenvalue weighted by molar-refractivity contribution is 0.0950. The number of phenols is 1. The molecule has 0 spiro atoms. The zero-order chi connectivity index (χ0) is 22.8. The maximum atomic E-state index is 12.4. The summed E-state index contributed by atoms with van der Waals surface area (Å²) in [5.74, 6) is -0.0658. The Labute approximate surface area is 183 Å². The number of nitrogens with one attached hydrogen (secondary N) is 2. The Balaban J connectivity index is 1.81. The minimum absolute atomic E-state index is 0.235. The van der Waals surface area contributed by atoms with Crippen molar-refractivity contribution in [2.24, 2.45) is 5.10 Å².